The lowest BCUT2D eigenvalue weighted by atomic mass is 10.4. The van der Waals surface area contributed by atoms with Crippen molar-refractivity contribution in [2.45, 2.75) is 0 Å². The number of hydrogen-bond acceptors (Lipinski definition) is 2. The first-order valence-corrected chi connectivity index (χ1v) is 2.68. The van der Waals surface area contributed by atoms with E-state index in [1.54, 1.807) is 12.3 Å². The Balaban J connectivity index is 2.99. The molecule has 0 saturated heterocycles. The minimum absolute atomic E-state index is 0.725. The summed E-state index contributed by atoms with van der Waals surface area (Å²) in [5.74, 6) is 0. The van der Waals surface area contributed by atoms with Gasteiger partial charge in [-0.25, -0.2) is 0 Å². The van der Waals surface area contributed by atoms with E-state index in [0.717, 1.165) is 5.69 Å². The maximum atomic E-state index is 4.60. The number of aromatic nitrogens is 1. The largest absolute Gasteiger partial charge is 0.255 e. The first-order chi connectivity index (χ1) is 3.93. The maximum absolute atomic E-state index is 4.60. The van der Waals surface area contributed by atoms with Crippen LogP contribution in [0.15, 0.2) is 18.3 Å². The third-order valence-electron chi connectivity index (χ3n) is 0.739. The van der Waals surface area contributed by atoms with Gasteiger partial charge in [0.15, 0.2) is 0 Å². The number of hydrogen-bond donors (Lipinski definition) is 0. The molecule has 0 fully saturated rings. The van der Waals surface area contributed by atoms with E-state index >= 15 is 0 Å². The van der Waals surface area contributed by atoms with Gasteiger partial charge in [-0.05, 0) is 6.07 Å². The van der Waals surface area contributed by atoms with E-state index in [2.05, 4.69) is 23.3 Å². The number of nitrogens with zero attached hydrogens (tertiary/aromatic N) is 1. The van der Waals surface area contributed by atoms with Gasteiger partial charge in [0.1, 0.15) is 0 Å². The molecule has 0 aliphatic rings. The Morgan fingerprint density at radius 3 is 3.00 bits per heavy atom. The van der Waals surface area contributed by atoms with Crippen LogP contribution >= 0.6 is 12.2 Å². The highest BCUT2D eigenvalue weighted by atomic mass is 32.1. The van der Waals surface area contributed by atoms with Crippen LogP contribution < -0.4 is 0 Å². The van der Waals surface area contributed by atoms with Gasteiger partial charge in [-0.3, -0.25) is 4.98 Å². The lowest BCUT2D eigenvalue weighted by Crippen LogP contribution is -1.80. The smallest absolute Gasteiger partial charge is 0.0815 e. The Labute approximate surface area is 53.4 Å². The zero-order chi connectivity index (χ0) is 5.82. The van der Waals surface area contributed by atoms with Gasteiger partial charge in [0.2, 0.25) is 0 Å². The fourth-order valence-corrected chi connectivity index (χ4v) is 0.530. The summed E-state index contributed by atoms with van der Waals surface area (Å²) in [5, 5.41) is 1.50. The fourth-order valence-electron chi connectivity index (χ4n) is 0.402. The predicted molar refractivity (Wildman–Crippen MR) is 35.8 cm³/mol. The van der Waals surface area contributed by atoms with E-state index in [4.69, 9.17) is 0 Å². The molecule has 0 aromatic carbocycles. The standard InChI is InChI=1S/C6H4NS/c8-5-6-3-1-2-4-7-6/h1-2,4-5H. The van der Waals surface area contributed by atoms with Crippen molar-refractivity contribution < 1.29 is 0 Å². The van der Waals surface area contributed by atoms with E-state index in [0.29, 0.717) is 0 Å². The first kappa shape index (κ1) is 5.38. The summed E-state index contributed by atoms with van der Waals surface area (Å²) in [5.41, 5.74) is 0.725. The van der Waals surface area contributed by atoms with Gasteiger partial charge in [0, 0.05) is 17.6 Å². The molecule has 1 rings (SSSR count). The van der Waals surface area contributed by atoms with Crippen LogP contribution in [0.2, 0.25) is 0 Å². The molecule has 1 heterocycles. The summed E-state index contributed by atoms with van der Waals surface area (Å²) in [6, 6.07) is 6.44. The van der Waals surface area contributed by atoms with Crippen LogP contribution in [-0.2, 0) is 0 Å². The van der Waals surface area contributed by atoms with E-state index < -0.39 is 0 Å². The normalized spacial score (nSPS) is 8.50. The molecule has 1 nitrogen and oxygen atoms in total. The fraction of sp³-hybridized carbons (Fsp3) is 0. The minimum atomic E-state index is 0.725. The van der Waals surface area contributed by atoms with Gasteiger partial charge in [0.05, 0.1) is 5.69 Å². The topological polar surface area (TPSA) is 12.9 Å². The second-order valence-corrected chi connectivity index (χ2v) is 1.52. The van der Waals surface area contributed by atoms with Gasteiger partial charge in [-0.2, -0.15) is 0 Å². The van der Waals surface area contributed by atoms with E-state index in [1.165, 1.54) is 5.37 Å². The molecule has 0 bridgehead atoms. The van der Waals surface area contributed by atoms with E-state index in [-0.39, 0.29) is 0 Å². The zero-order valence-corrected chi connectivity index (χ0v) is 4.98. The van der Waals surface area contributed by atoms with Crippen LogP contribution in [0.25, 0.3) is 0 Å². The third-order valence-corrected chi connectivity index (χ3v) is 0.962. The molecule has 1 aromatic heterocycles. The van der Waals surface area contributed by atoms with Crippen LogP contribution in [0.5, 0.6) is 0 Å². The van der Waals surface area contributed by atoms with E-state index in [9.17, 15) is 0 Å². The number of thiocarbonyl (C=S) groups is 1. The molecule has 39 valence electrons. The van der Waals surface area contributed by atoms with Crippen LogP contribution in [-0.4, -0.2) is 10.4 Å². The Morgan fingerprint density at radius 1 is 1.75 bits per heavy atom. The molecule has 0 aliphatic heterocycles. The monoisotopic (exact) mass is 122 g/mol. The van der Waals surface area contributed by atoms with Crippen molar-refractivity contribution in [2.24, 2.45) is 0 Å². The second-order valence-electron chi connectivity index (χ2n) is 1.28. The highest BCUT2D eigenvalue weighted by Gasteiger charge is 1.79. The van der Waals surface area contributed by atoms with Crippen molar-refractivity contribution >= 4 is 17.6 Å². The SMILES string of the molecule is S=Cc1[c]cccn1. The van der Waals surface area contributed by atoms with Crippen molar-refractivity contribution in [3.8, 4) is 0 Å². The first-order valence-electron chi connectivity index (χ1n) is 2.21. The van der Waals surface area contributed by atoms with Crippen molar-refractivity contribution in [3.05, 3.63) is 30.1 Å². The molecule has 0 atom stereocenters. The summed E-state index contributed by atoms with van der Waals surface area (Å²) in [6.45, 7) is 0. The molecule has 0 aliphatic carbocycles. The Hall–Kier alpha value is -0.760. The highest BCUT2D eigenvalue weighted by molar-refractivity contribution is 7.79. The lowest BCUT2D eigenvalue weighted by molar-refractivity contribution is 1.31. The van der Waals surface area contributed by atoms with Gasteiger partial charge >= 0.3 is 0 Å². The zero-order valence-electron chi connectivity index (χ0n) is 4.16. The average Bonchev–Trinajstić information content (AvgIpc) is 1.90. The lowest BCUT2D eigenvalue weighted by Gasteiger charge is -1.82. The molecule has 0 saturated carbocycles. The minimum Gasteiger partial charge on any atom is -0.255 e. The number of pyridine rings is 1. The molecule has 1 aromatic rings. The predicted octanol–water partition coefficient (Wildman–Crippen LogP) is 1.23. The summed E-state index contributed by atoms with van der Waals surface area (Å²) >= 11 is 4.60. The summed E-state index contributed by atoms with van der Waals surface area (Å²) in [7, 11) is 0. The molecule has 0 spiro atoms. The van der Waals surface area contributed by atoms with Crippen LogP contribution in [0.3, 0.4) is 0 Å². The van der Waals surface area contributed by atoms with Gasteiger partial charge in [0.25, 0.3) is 0 Å². The quantitative estimate of drug-likeness (QED) is 0.519. The van der Waals surface area contributed by atoms with Gasteiger partial charge in [-0.1, -0.05) is 18.3 Å². The number of rotatable bonds is 1. The Morgan fingerprint density at radius 2 is 2.62 bits per heavy atom. The van der Waals surface area contributed by atoms with Gasteiger partial charge in [-0.15, -0.1) is 0 Å². The van der Waals surface area contributed by atoms with Gasteiger partial charge < -0.3 is 0 Å². The average molecular weight is 122 g/mol. The molecule has 0 unspecified atom stereocenters. The summed E-state index contributed by atoms with van der Waals surface area (Å²) in [4.78, 5) is 3.88. The molecular formula is C6H4NS. The highest BCUT2D eigenvalue weighted by Crippen LogP contribution is 1.85. The summed E-state index contributed by atoms with van der Waals surface area (Å²) in [6.07, 6.45) is 1.69. The maximum Gasteiger partial charge on any atom is 0.0815 e. The molecule has 0 N–H and O–H groups in total. The third kappa shape index (κ3) is 1.10. The molecule has 0 amide bonds. The van der Waals surface area contributed by atoms with Crippen molar-refractivity contribution in [3.63, 3.8) is 0 Å². The van der Waals surface area contributed by atoms with Crippen LogP contribution in [0.1, 0.15) is 5.69 Å². The van der Waals surface area contributed by atoms with E-state index in [1.807, 2.05) is 6.07 Å². The Kier molecular flexibility index (Phi) is 1.70. The molecule has 1 radical (unpaired) electrons. The van der Waals surface area contributed by atoms with Crippen LogP contribution in [0, 0.1) is 6.07 Å². The van der Waals surface area contributed by atoms with Crippen LogP contribution in [0.4, 0.5) is 0 Å². The van der Waals surface area contributed by atoms with Crippen molar-refractivity contribution in [2.75, 3.05) is 0 Å². The Bertz CT molecular complexity index is 171. The second kappa shape index (κ2) is 2.52. The molecular weight excluding hydrogens is 118 g/mol. The molecule has 8 heavy (non-hydrogen) atoms. The van der Waals surface area contributed by atoms with Crippen molar-refractivity contribution in [1.82, 2.24) is 4.98 Å². The summed E-state index contributed by atoms with van der Waals surface area (Å²) < 4.78 is 0. The van der Waals surface area contributed by atoms with Crippen molar-refractivity contribution in [1.29, 1.82) is 0 Å². The molecule has 2 heteroatoms.